The molecule has 3 aromatic heterocycles. The van der Waals surface area contributed by atoms with E-state index in [2.05, 4.69) is 6.92 Å². The van der Waals surface area contributed by atoms with Gasteiger partial charge in [0, 0.05) is 18.0 Å². The van der Waals surface area contributed by atoms with Crippen molar-refractivity contribution in [2.45, 2.75) is 51.7 Å². The van der Waals surface area contributed by atoms with Gasteiger partial charge in [0.05, 0.1) is 23.9 Å². The second-order valence-corrected chi connectivity index (χ2v) is 9.78. The topological polar surface area (TPSA) is 68.3 Å². The van der Waals surface area contributed by atoms with Crippen LogP contribution in [0.5, 0.6) is 0 Å². The molecule has 1 aliphatic carbocycles. The molecule has 1 aliphatic rings. The van der Waals surface area contributed by atoms with Crippen molar-refractivity contribution in [3.05, 3.63) is 45.0 Å². The number of fused-ring (bicyclic) bond motifs is 3. The van der Waals surface area contributed by atoms with Gasteiger partial charge in [-0.25, -0.2) is 4.98 Å². The monoisotopic (exact) mass is 445 g/mol. The van der Waals surface area contributed by atoms with Crippen LogP contribution >= 0.6 is 23.1 Å². The number of thioether (sulfide) groups is 1. The highest BCUT2D eigenvalue weighted by molar-refractivity contribution is 7.99. The standard InChI is InChI=1S/C22H27N3O3S2/c1-4-24(5-2)18(26)13-29-22-23-20-19(16-9-8-14(3)11-17(16)30-20)21(27)25(22)12-15-7-6-10-28-15/h6-7,10,14H,4-5,8-9,11-13H2,1-3H3. The fourth-order valence-corrected chi connectivity index (χ4v) is 6.33. The zero-order valence-electron chi connectivity index (χ0n) is 17.6. The predicted molar refractivity (Wildman–Crippen MR) is 122 cm³/mol. The first-order valence-corrected chi connectivity index (χ1v) is 12.3. The van der Waals surface area contributed by atoms with E-state index >= 15 is 0 Å². The molecule has 3 aromatic rings. The van der Waals surface area contributed by atoms with E-state index in [1.807, 2.05) is 26.0 Å². The predicted octanol–water partition coefficient (Wildman–Crippen LogP) is 4.18. The molecule has 3 heterocycles. The van der Waals surface area contributed by atoms with E-state index in [0.29, 0.717) is 36.5 Å². The normalized spacial score (nSPS) is 16.0. The van der Waals surface area contributed by atoms with Gasteiger partial charge in [0.15, 0.2) is 5.16 Å². The number of nitrogens with zero attached hydrogens (tertiary/aromatic N) is 3. The first-order chi connectivity index (χ1) is 14.5. The van der Waals surface area contributed by atoms with E-state index in [1.165, 1.54) is 22.2 Å². The van der Waals surface area contributed by atoms with Gasteiger partial charge in [0.25, 0.3) is 5.56 Å². The van der Waals surface area contributed by atoms with E-state index in [-0.39, 0.29) is 17.2 Å². The van der Waals surface area contributed by atoms with E-state index < -0.39 is 0 Å². The number of hydrogen-bond acceptors (Lipinski definition) is 6. The Labute approximate surface area is 184 Å². The zero-order valence-corrected chi connectivity index (χ0v) is 19.3. The Kier molecular flexibility index (Phi) is 6.34. The fourth-order valence-electron chi connectivity index (χ4n) is 4.01. The summed E-state index contributed by atoms with van der Waals surface area (Å²) >= 11 is 2.98. The minimum atomic E-state index is -0.0266. The molecule has 1 unspecified atom stereocenters. The molecule has 30 heavy (non-hydrogen) atoms. The van der Waals surface area contributed by atoms with Gasteiger partial charge in [0.1, 0.15) is 10.6 Å². The minimum absolute atomic E-state index is 0.0266. The molecule has 6 nitrogen and oxygen atoms in total. The molecular weight excluding hydrogens is 418 g/mol. The smallest absolute Gasteiger partial charge is 0.263 e. The van der Waals surface area contributed by atoms with Crippen LogP contribution in [0.1, 0.15) is 43.4 Å². The Morgan fingerprint density at radius 3 is 2.90 bits per heavy atom. The second kappa shape index (κ2) is 8.98. The molecule has 1 atom stereocenters. The first kappa shape index (κ1) is 21.2. The average molecular weight is 446 g/mol. The van der Waals surface area contributed by atoms with Crippen molar-refractivity contribution in [3.63, 3.8) is 0 Å². The third-order valence-electron chi connectivity index (χ3n) is 5.72. The van der Waals surface area contributed by atoms with Crippen molar-refractivity contribution in [2.75, 3.05) is 18.8 Å². The number of carbonyl (C=O) groups excluding carboxylic acids is 1. The third kappa shape index (κ3) is 4.07. The molecule has 0 saturated heterocycles. The summed E-state index contributed by atoms with van der Waals surface area (Å²) in [5, 5.41) is 1.34. The van der Waals surface area contributed by atoms with Crippen LogP contribution in [0, 0.1) is 5.92 Å². The summed E-state index contributed by atoms with van der Waals surface area (Å²) in [6.07, 6.45) is 4.65. The molecular formula is C22H27N3O3S2. The first-order valence-electron chi connectivity index (χ1n) is 10.5. The summed E-state index contributed by atoms with van der Waals surface area (Å²) < 4.78 is 7.17. The molecule has 160 valence electrons. The number of furan rings is 1. The number of amides is 1. The quantitative estimate of drug-likeness (QED) is 0.403. The lowest BCUT2D eigenvalue weighted by molar-refractivity contribution is -0.127. The van der Waals surface area contributed by atoms with Gasteiger partial charge in [-0.1, -0.05) is 18.7 Å². The van der Waals surface area contributed by atoms with E-state index in [0.717, 1.165) is 29.5 Å². The van der Waals surface area contributed by atoms with Crippen LogP contribution < -0.4 is 5.56 Å². The number of carbonyl (C=O) groups is 1. The van der Waals surface area contributed by atoms with Gasteiger partial charge in [-0.05, 0) is 56.7 Å². The van der Waals surface area contributed by atoms with Gasteiger partial charge in [-0.2, -0.15) is 0 Å². The SMILES string of the molecule is CCN(CC)C(=O)CSc1nc2sc3c(c2c(=O)n1Cc1ccco1)CCC(C)C3. The fraction of sp³-hybridized carbons (Fsp3) is 0.500. The maximum Gasteiger partial charge on any atom is 0.263 e. The van der Waals surface area contributed by atoms with Crippen molar-refractivity contribution in [1.82, 2.24) is 14.5 Å². The number of rotatable bonds is 7. The number of hydrogen-bond donors (Lipinski definition) is 0. The van der Waals surface area contributed by atoms with Gasteiger partial charge in [-0.3, -0.25) is 14.2 Å². The largest absolute Gasteiger partial charge is 0.467 e. The minimum Gasteiger partial charge on any atom is -0.467 e. The van der Waals surface area contributed by atoms with E-state index in [4.69, 9.17) is 9.40 Å². The van der Waals surface area contributed by atoms with Crippen LogP contribution in [-0.2, 0) is 24.2 Å². The van der Waals surface area contributed by atoms with Gasteiger partial charge >= 0.3 is 0 Å². The van der Waals surface area contributed by atoms with E-state index in [1.54, 1.807) is 27.1 Å². The van der Waals surface area contributed by atoms with Crippen LogP contribution in [0.4, 0.5) is 0 Å². The Balaban J connectivity index is 1.75. The molecule has 4 rings (SSSR count). The van der Waals surface area contributed by atoms with Crippen molar-refractivity contribution in [2.24, 2.45) is 5.92 Å². The van der Waals surface area contributed by atoms with Crippen LogP contribution in [0.15, 0.2) is 32.8 Å². The Hall–Kier alpha value is -2.06. The lowest BCUT2D eigenvalue weighted by atomic mass is 9.89. The second-order valence-electron chi connectivity index (χ2n) is 7.75. The Morgan fingerprint density at radius 2 is 2.20 bits per heavy atom. The molecule has 1 amide bonds. The molecule has 8 heteroatoms. The Bertz CT molecular complexity index is 1100. The van der Waals surface area contributed by atoms with Crippen LogP contribution in [0.2, 0.25) is 0 Å². The maximum absolute atomic E-state index is 13.6. The summed E-state index contributed by atoms with van der Waals surface area (Å²) in [6, 6.07) is 3.67. The molecule has 0 radical (unpaired) electrons. The number of aryl methyl sites for hydroxylation is 1. The highest BCUT2D eigenvalue weighted by Crippen LogP contribution is 2.36. The number of thiophene rings is 1. The molecule has 0 bridgehead atoms. The van der Waals surface area contributed by atoms with Gasteiger partial charge in [-0.15, -0.1) is 11.3 Å². The Morgan fingerprint density at radius 1 is 1.40 bits per heavy atom. The summed E-state index contributed by atoms with van der Waals surface area (Å²) in [5.41, 5.74) is 1.15. The number of aromatic nitrogens is 2. The van der Waals surface area contributed by atoms with Crippen LogP contribution in [0.3, 0.4) is 0 Å². The summed E-state index contributed by atoms with van der Waals surface area (Å²) in [4.78, 5) is 34.8. The van der Waals surface area contributed by atoms with Crippen molar-refractivity contribution < 1.29 is 9.21 Å². The van der Waals surface area contributed by atoms with Gasteiger partial charge < -0.3 is 9.32 Å². The summed E-state index contributed by atoms with van der Waals surface area (Å²) in [6.45, 7) is 7.88. The summed E-state index contributed by atoms with van der Waals surface area (Å²) in [7, 11) is 0. The molecule has 0 fully saturated rings. The lowest BCUT2D eigenvalue weighted by Gasteiger charge is -2.19. The molecule has 0 spiro atoms. The van der Waals surface area contributed by atoms with Crippen molar-refractivity contribution in [3.8, 4) is 0 Å². The zero-order chi connectivity index (χ0) is 21.3. The lowest BCUT2D eigenvalue weighted by Crippen LogP contribution is -2.32. The van der Waals surface area contributed by atoms with Crippen LogP contribution in [-0.4, -0.2) is 39.2 Å². The van der Waals surface area contributed by atoms with Crippen molar-refractivity contribution in [1.29, 1.82) is 0 Å². The van der Waals surface area contributed by atoms with Gasteiger partial charge in [0.2, 0.25) is 5.91 Å². The molecule has 0 N–H and O–H groups in total. The maximum atomic E-state index is 13.6. The summed E-state index contributed by atoms with van der Waals surface area (Å²) in [5.74, 6) is 1.66. The third-order valence-corrected chi connectivity index (χ3v) is 7.82. The molecule has 0 aromatic carbocycles. The van der Waals surface area contributed by atoms with E-state index in [9.17, 15) is 9.59 Å². The molecule has 0 aliphatic heterocycles. The van der Waals surface area contributed by atoms with Crippen molar-refractivity contribution >= 4 is 39.2 Å². The highest BCUT2D eigenvalue weighted by Gasteiger charge is 2.25. The molecule has 0 saturated carbocycles. The highest BCUT2D eigenvalue weighted by atomic mass is 32.2. The van der Waals surface area contributed by atoms with Crippen LogP contribution in [0.25, 0.3) is 10.2 Å². The average Bonchev–Trinajstić information content (AvgIpc) is 3.36.